The van der Waals surface area contributed by atoms with Gasteiger partial charge in [-0.05, 0) is 0 Å². The molecule has 0 saturated carbocycles. The Morgan fingerprint density at radius 2 is 1.95 bits per heavy atom. The molecule has 0 N–H and O–H groups in total. The maximum atomic E-state index is 11.8. The monoisotopic (exact) mass is 264 g/mol. The third-order valence-electron chi connectivity index (χ3n) is 3.37. The van der Waals surface area contributed by atoms with Gasteiger partial charge in [0, 0.05) is 19.1 Å². The molecule has 0 spiro atoms. The maximum absolute atomic E-state index is 11.8. The number of hydrogen-bond acceptors (Lipinski definition) is 5. The summed E-state index contributed by atoms with van der Waals surface area (Å²) in [6.07, 6.45) is -1.43. The largest absolute Gasteiger partial charge is 0.349 e. The first-order valence-electron chi connectivity index (χ1n) is 6.31. The molecule has 2 heterocycles. The van der Waals surface area contributed by atoms with Crippen LogP contribution < -0.4 is 0 Å². The summed E-state index contributed by atoms with van der Waals surface area (Å²) in [6, 6.07) is 9.67. The van der Waals surface area contributed by atoms with E-state index >= 15 is 0 Å². The third kappa shape index (κ3) is 2.55. The summed E-state index contributed by atoms with van der Waals surface area (Å²) in [7, 11) is 1.46. The Labute approximate surface area is 111 Å². The van der Waals surface area contributed by atoms with Crippen LogP contribution in [0.15, 0.2) is 30.3 Å². The van der Waals surface area contributed by atoms with Crippen molar-refractivity contribution in [2.45, 2.75) is 31.2 Å². The minimum atomic E-state index is -0.790. The van der Waals surface area contributed by atoms with Crippen LogP contribution in [-0.2, 0) is 23.7 Å². The number of ketones is 1. The third-order valence-corrected chi connectivity index (χ3v) is 3.37. The van der Waals surface area contributed by atoms with Gasteiger partial charge in [-0.25, -0.2) is 0 Å². The molecule has 3 rings (SSSR count). The second-order valence-corrected chi connectivity index (χ2v) is 4.66. The molecule has 1 aromatic carbocycles. The van der Waals surface area contributed by atoms with Gasteiger partial charge in [0.2, 0.25) is 6.29 Å². The number of hydrogen-bond donors (Lipinski definition) is 0. The van der Waals surface area contributed by atoms with Crippen LogP contribution in [0, 0.1) is 0 Å². The van der Waals surface area contributed by atoms with E-state index in [1.54, 1.807) is 0 Å². The quantitative estimate of drug-likeness (QED) is 0.809. The summed E-state index contributed by atoms with van der Waals surface area (Å²) in [5, 5.41) is 0. The smallest absolute Gasteiger partial charge is 0.218 e. The first kappa shape index (κ1) is 12.7. The molecule has 0 bridgehead atoms. The van der Waals surface area contributed by atoms with Crippen molar-refractivity contribution in [3.05, 3.63) is 35.9 Å². The average Bonchev–Trinajstić information content (AvgIpc) is 2.47. The Balaban J connectivity index is 1.70. The van der Waals surface area contributed by atoms with Crippen LogP contribution in [0.4, 0.5) is 0 Å². The van der Waals surface area contributed by atoms with Crippen molar-refractivity contribution in [3.8, 4) is 0 Å². The molecule has 19 heavy (non-hydrogen) atoms. The van der Waals surface area contributed by atoms with Crippen LogP contribution >= 0.6 is 0 Å². The van der Waals surface area contributed by atoms with Crippen molar-refractivity contribution >= 4 is 5.78 Å². The van der Waals surface area contributed by atoms with Gasteiger partial charge < -0.3 is 18.9 Å². The van der Waals surface area contributed by atoms with Gasteiger partial charge in [0.05, 0.1) is 12.7 Å². The van der Waals surface area contributed by atoms with Crippen molar-refractivity contribution in [3.63, 3.8) is 0 Å². The molecule has 102 valence electrons. The molecule has 0 amide bonds. The molecular weight excluding hydrogens is 248 g/mol. The number of rotatable bonds is 2. The number of carbonyl (C=O) groups excluding carboxylic acids is 1. The van der Waals surface area contributed by atoms with Crippen molar-refractivity contribution in [1.29, 1.82) is 0 Å². The first-order chi connectivity index (χ1) is 9.28. The number of Topliss-reactive ketones (excluding diaryl/α,β-unsaturated/α-hetero) is 1. The van der Waals surface area contributed by atoms with Gasteiger partial charge in [0.1, 0.15) is 6.10 Å². The molecule has 0 aliphatic carbocycles. The van der Waals surface area contributed by atoms with E-state index in [4.69, 9.17) is 18.9 Å². The fourth-order valence-corrected chi connectivity index (χ4v) is 2.38. The lowest BCUT2D eigenvalue weighted by atomic mass is 10.0. The normalized spacial score (nSPS) is 34.9. The highest BCUT2D eigenvalue weighted by Crippen LogP contribution is 2.32. The number of fused-ring (bicyclic) bond motifs is 1. The lowest BCUT2D eigenvalue weighted by Crippen LogP contribution is -2.51. The Hall–Kier alpha value is -1.27. The molecule has 0 unspecified atom stereocenters. The molecule has 5 nitrogen and oxygen atoms in total. The van der Waals surface area contributed by atoms with Crippen molar-refractivity contribution in [1.82, 2.24) is 0 Å². The number of ether oxygens (including phenoxy) is 4. The van der Waals surface area contributed by atoms with Crippen LogP contribution in [0.1, 0.15) is 18.3 Å². The summed E-state index contributed by atoms with van der Waals surface area (Å²) >= 11 is 0. The molecule has 0 radical (unpaired) electrons. The van der Waals surface area contributed by atoms with E-state index in [1.807, 2.05) is 30.3 Å². The molecule has 2 aliphatic heterocycles. The fraction of sp³-hybridized carbons (Fsp3) is 0.500. The summed E-state index contributed by atoms with van der Waals surface area (Å²) in [4.78, 5) is 11.8. The second kappa shape index (κ2) is 5.38. The lowest BCUT2D eigenvalue weighted by molar-refractivity contribution is -0.300. The van der Waals surface area contributed by atoms with Gasteiger partial charge >= 0.3 is 0 Å². The fourth-order valence-electron chi connectivity index (χ4n) is 2.38. The van der Waals surface area contributed by atoms with Crippen LogP contribution in [0.25, 0.3) is 0 Å². The maximum Gasteiger partial charge on any atom is 0.218 e. The van der Waals surface area contributed by atoms with Gasteiger partial charge in [-0.3, -0.25) is 4.79 Å². The van der Waals surface area contributed by atoms with Gasteiger partial charge in [-0.2, -0.15) is 0 Å². The van der Waals surface area contributed by atoms with Crippen LogP contribution in [-0.4, -0.2) is 38.0 Å². The summed E-state index contributed by atoms with van der Waals surface area (Å²) < 4.78 is 22.0. The standard InChI is InChI=1S/C14H16O5/c1-16-14-10(15)7-11-12(19-14)8-17-13(18-11)9-5-3-2-4-6-9/h2-6,11-14H,7-8H2,1H3/t11-,12+,13+,14-/m0/s1. The minimum Gasteiger partial charge on any atom is -0.349 e. The van der Waals surface area contributed by atoms with Crippen LogP contribution in [0.5, 0.6) is 0 Å². The van der Waals surface area contributed by atoms with E-state index in [0.29, 0.717) is 13.0 Å². The van der Waals surface area contributed by atoms with E-state index in [2.05, 4.69) is 0 Å². The van der Waals surface area contributed by atoms with Crippen molar-refractivity contribution in [2.75, 3.05) is 13.7 Å². The summed E-state index contributed by atoms with van der Waals surface area (Å²) in [5.41, 5.74) is 0.947. The molecule has 2 aliphatic rings. The highest BCUT2D eigenvalue weighted by atomic mass is 16.7. The molecule has 5 heteroatoms. The van der Waals surface area contributed by atoms with Crippen molar-refractivity contribution in [2.24, 2.45) is 0 Å². The van der Waals surface area contributed by atoms with E-state index in [1.165, 1.54) is 7.11 Å². The Morgan fingerprint density at radius 3 is 2.68 bits per heavy atom. The minimum absolute atomic E-state index is 0.0857. The number of methoxy groups -OCH3 is 1. The highest BCUT2D eigenvalue weighted by molar-refractivity contribution is 5.83. The summed E-state index contributed by atoms with van der Waals surface area (Å²) in [6.45, 7) is 0.400. The Kier molecular flexibility index (Phi) is 3.61. The SMILES string of the molecule is CO[C@H]1O[C@@H]2CO[C@@H](c3ccccc3)O[C@H]2CC1=O. The van der Waals surface area contributed by atoms with E-state index in [-0.39, 0.29) is 18.0 Å². The molecule has 2 saturated heterocycles. The van der Waals surface area contributed by atoms with Gasteiger partial charge in [0.15, 0.2) is 12.1 Å². The van der Waals surface area contributed by atoms with E-state index in [9.17, 15) is 4.79 Å². The van der Waals surface area contributed by atoms with Crippen molar-refractivity contribution < 1.29 is 23.7 Å². The van der Waals surface area contributed by atoms with Crippen LogP contribution in [0.2, 0.25) is 0 Å². The predicted molar refractivity (Wildman–Crippen MR) is 65.3 cm³/mol. The average molecular weight is 264 g/mol. The van der Waals surface area contributed by atoms with Crippen LogP contribution in [0.3, 0.4) is 0 Å². The highest BCUT2D eigenvalue weighted by Gasteiger charge is 2.42. The van der Waals surface area contributed by atoms with Gasteiger partial charge in [0.25, 0.3) is 0 Å². The molecular formula is C14H16O5. The zero-order valence-electron chi connectivity index (χ0n) is 10.7. The zero-order valence-corrected chi connectivity index (χ0v) is 10.7. The molecule has 4 atom stereocenters. The molecule has 0 aromatic heterocycles. The van der Waals surface area contributed by atoms with Gasteiger partial charge in [-0.15, -0.1) is 0 Å². The molecule has 2 fully saturated rings. The second-order valence-electron chi connectivity index (χ2n) is 4.66. The first-order valence-corrected chi connectivity index (χ1v) is 6.31. The molecule has 1 aromatic rings. The number of carbonyl (C=O) groups is 1. The Bertz CT molecular complexity index is 446. The van der Waals surface area contributed by atoms with E-state index < -0.39 is 12.6 Å². The zero-order chi connectivity index (χ0) is 13.2. The lowest BCUT2D eigenvalue weighted by Gasteiger charge is -2.40. The predicted octanol–water partition coefficient (Wildman–Crippen LogP) is 1.43. The van der Waals surface area contributed by atoms with E-state index in [0.717, 1.165) is 5.56 Å². The topological polar surface area (TPSA) is 54.0 Å². The van der Waals surface area contributed by atoms with Gasteiger partial charge in [-0.1, -0.05) is 30.3 Å². The summed E-state index contributed by atoms with van der Waals surface area (Å²) in [5.74, 6) is -0.0857. The Morgan fingerprint density at radius 1 is 1.16 bits per heavy atom. The number of benzene rings is 1.